The van der Waals surface area contributed by atoms with Crippen LogP contribution in [0.3, 0.4) is 0 Å². The van der Waals surface area contributed by atoms with Gasteiger partial charge in [-0.05, 0) is 58.3 Å². The van der Waals surface area contributed by atoms with Crippen LogP contribution in [0, 0.1) is 6.92 Å². The summed E-state index contributed by atoms with van der Waals surface area (Å²) in [4.78, 5) is 2.48. The van der Waals surface area contributed by atoms with Crippen LogP contribution in [-0.2, 0) is 0 Å². The molecule has 1 aromatic heterocycles. The minimum atomic E-state index is -0.104. The Morgan fingerprint density at radius 1 is 1.25 bits per heavy atom. The average Bonchev–Trinajstić information content (AvgIpc) is 3.07. The monoisotopic (exact) mass is 272 g/mol. The fourth-order valence-electron chi connectivity index (χ4n) is 3.22. The quantitative estimate of drug-likeness (QED) is 0.928. The highest BCUT2D eigenvalue weighted by atomic mass is 16.3. The Balaban J connectivity index is 1.95. The van der Waals surface area contributed by atoms with Gasteiger partial charge in [-0.15, -0.1) is 0 Å². The van der Waals surface area contributed by atoms with Gasteiger partial charge in [0.15, 0.2) is 0 Å². The first-order valence-electron chi connectivity index (χ1n) is 7.50. The first-order chi connectivity index (χ1) is 9.50. The first-order valence-corrected chi connectivity index (χ1v) is 7.50. The Labute approximate surface area is 120 Å². The second-order valence-corrected chi connectivity index (χ2v) is 6.47. The summed E-state index contributed by atoms with van der Waals surface area (Å²) in [6.45, 7) is 8.80. The molecular formula is C17H24N2O. The van der Waals surface area contributed by atoms with Crippen molar-refractivity contribution in [1.29, 1.82) is 0 Å². The number of hydrogen-bond acceptors (Lipinski definition) is 3. The van der Waals surface area contributed by atoms with Crippen LogP contribution in [0.25, 0.3) is 11.0 Å². The van der Waals surface area contributed by atoms with Gasteiger partial charge in [-0.1, -0.05) is 18.2 Å². The summed E-state index contributed by atoms with van der Waals surface area (Å²) in [5, 5.41) is 1.15. The highest BCUT2D eigenvalue weighted by Gasteiger charge is 2.37. The minimum absolute atomic E-state index is 0.0711. The summed E-state index contributed by atoms with van der Waals surface area (Å²) >= 11 is 0. The molecule has 3 rings (SSSR count). The standard InChI is InChI=1S/C17H24N2O/c1-12-7-6-8-13-11-14(20-15(12)13)16(18)17(2,3)19-9-4-5-10-19/h6-8,11,16H,4-5,9-10,18H2,1-3H3. The number of fused-ring (bicyclic) bond motifs is 1. The predicted molar refractivity (Wildman–Crippen MR) is 82.8 cm³/mol. The van der Waals surface area contributed by atoms with Crippen molar-refractivity contribution in [1.82, 2.24) is 4.90 Å². The molecular weight excluding hydrogens is 248 g/mol. The molecule has 1 fully saturated rings. The van der Waals surface area contributed by atoms with E-state index >= 15 is 0 Å². The second kappa shape index (κ2) is 4.90. The Bertz CT molecular complexity index is 608. The molecule has 2 heterocycles. The highest BCUT2D eigenvalue weighted by molar-refractivity contribution is 5.81. The molecule has 3 nitrogen and oxygen atoms in total. The molecule has 0 radical (unpaired) electrons. The molecule has 1 aromatic carbocycles. The molecule has 0 aliphatic carbocycles. The zero-order valence-corrected chi connectivity index (χ0v) is 12.6. The second-order valence-electron chi connectivity index (χ2n) is 6.47. The lowest BCUT2D eigenvalue weighted by atomic mass is 9.91. The molecule has 1 aliphatic heterocycles. The summed E-state index contributed by atoms with van der Waals surface area (Å²) in [6, 6.07) is 8.23. The Morgan fingerprint density at radius 2 is 1.95 bits per heavy atom. The maximum Gasteiger partial charge on any atom is 0.137 e. The van der Waals surface area contributed by atoms with E-state index in [0.717, 1.165) is 29.8 Å². The number of aryl methyl sites for hydroxylation is 1. The number of nitrogens with zero attached hydrogens (tertiary/aromatic N) is 1. The number of benzene rings is 1. The van der Waals surface area contributed by atoms with Crippen LogP contribution in [0.1, 0.15) is 44.1 Å². The molecule has 108 valence electrons. The molecule has 3 heteroatoms. The molecule has 0 amide bonds. The van der Waals surface area contributed by atoms with Gasteiger partial charge in [-0.3, -0.25) is 4.90 Å². The predicted octanol–water partition coefficient (Wildman–Crippen LogP) is 3.62. The summed E-state index contributed by atoms with van der Waals surface area (Å²) in [5.74, 6) is 0.895. The van der Waals surface area contributed by atoms with Crippen LogP contribution < -0.4 is 5.73 Å². The third-order valence-electron chi connectivity index (χ3n) is 4.75. The minimum Gasteiger partial charge on any atom is -0.459 e. The van der Waals surface area contributed by atoms with Crippen molar-refractivity contribution in [3.8, 4) is 0 Å². The van der Waals surface area contributed by atoms with Crippen molar-refractivity contribution < 1.29 is 4.42 Å². The number of hydrogen-bond donors (Lipinski definition) is 1. The van der Waals surface area contributed by atoms with Gasteiger partial charge < -0.3 is 10.2 Å². The van der Waals surface area contributed by atoms with Crippen molar-refractivity contribution in [2.45, 2.75) is 45.2 Å². The molecule has 2 aromatic rings. The Hall–Kier alpha value is -1.32. The van der Waals surface area contributed by atoms with Gasteiger partial charge in [-0.25, -0.2) is 0 Å². The van der Waals surface area contributed by atoms with Crippen molar-refractivity contribution in [2.75, 3.05) is 13.1 Å². The molecule has 1 saturated heterocycles. The smallest absolute Gasteiger partial charge is 0.137 e. The molecule has 0 spiro atoms. The lowest BCUT2D eigenvalue weighted by Gasteiger charge is -2.39. The number of likely N-dealkylation sites (tertiary alicyclic amines) is 1. The summed E-state index contributed by atoms with van der Waals surface area (Å²) in [7, 11) is 0. The fourth-order valence-corrected chi connectivity index (χ4v) is 3.22. The Kier molecular flexibility index (Phi) is 3.35. The van der Waals surface area contributed by atoms with Crippen molar-refractivity contribution in [3.63, 3.8) is 0 Å². The maximum atomic E-state index is 6.53. The van der Waals surface area contributed by atoms with E-state index < -0.39 is 0 Å². The number of rotatable bonds is 3. The van der Waals surface area contributed by atoms with Gasteiger partial charge in [0.1, 0.15) is 11.3 Å². The van der Waals surface area contributed by atoms with E-state index in [1.54, 1.807) is 0 Å². The maximum absolute atomic E-state index is 6.53. The fraction of sp³-hybridized carbons (Fsp3) is 0.529. The Morgan fingerprint density at radius 3 is 2.60 bits per heavy atom. The van der Waals surface area contributed by atoms with Gasteiger partial charge in [0, 0.05) is 10.9 Å². The summed E-state index contributed by atoms with van der Waals surface area (Å²) in [6.07, 6.45) is 2.55. The van der Waals surface area contributed by atoms with Crippen LogP contribution in [0.4, 0.5) is 0 Å². The SMILES string of the molecule is Cc1cccc2cc(C(N)C(C)(C)N3CCCC3)oc12. The molecule has 20 heavy (non-hydrogen) atoms. The molecule has 2 N–H and O–H groups in total. The molecule has 0 saturated carbocycles. The third kappa shape index (κ3) is 2.15. The summed E-state index contributed by atoms with van der Waals surface area (Å²) < 4.78 is 6.05. The first kappa shape index (κ1) is 13.7. The largest absolute Gasteiger partial charge is 0.459 e. The summed E-state index contributed by atoms with van der Waals surface area (Å²) in [5.41, 5.74) is 8.59. The van der Waals surface area contributed by atoms with Gasteiger partial charge in [0.2, 0.25) is 0 Å². The number of para-hydroxylation sites is 1. The van der Waals surface area contributed by atoms with Gasteiger partial charge in [0.25, 0.3) is 0 Å². The molecule has 1 aliphatic rings. The highest BCUT2D eigenvalue weighted by Crippen LogP contribution is 2.35. The van der Waals surface area contributed by atoms with E-state index in [-0.39, 0.29) is 11.6 Å². The third-order valence-corrected chi connectivity index (χ3v) is 4.75. The molecule has 1 unspecified atom stereocenters. The van der Waals surface area contributed by atoms with E-state index in [1.807, 2.05) is 0 Å². The lowest BCUT2D eigenvalue weighted by Crippen LogP contribution is -2.49. The van der Waals surface area contributed by atoms with E-state index in [1.165, 1.54) is 18.4 Å². The van der Waals surface area contributed by atoms with Gasteiger partial charge >= 0.3 is 0 Å². The average molecular weight is 272 g/mol. The lowest BCUT2D eigenvalue weighted by molar-refractivity contribution is 0.115. The number of furan rings is 1. The van der Waals surface area contributed by atoms with Crippen LogP contribution in [0.15, 0.2) is 28.7 Å². The van der Waals surface area contributed by atoms with Crippen LogP contribution >= 0.6 is 0 Å². The van der Waals surface area contributed by atoms with E-state index in [0.29, 0.717) is 0 Å². The van der Waals surface area contributed by atoms with Gasteiger partial charge in [0.05, 0.1) is 6.04 Å². The van der Waals surface area contributed by atoms with Gasteiger partial charge in [-0.2, -0.15) is 0 Å². The normalized spacial score (nSPS) is 18.8. The zero-order valence-electron chi connectivity index (χ0n) is 12.6. The van der Waals surface area contributed by atoms with E-state index in [9.17, 15) is 0 Å². The van der Waals surface area contributed by atoms with Crippen LogP contribution in [0.2, 0.25) is 0 Å². The number of nitrogens with two attached hydrogens (primary N) is 1. The van der Waals surface area contributed by atoms with Crippen LogP contribution in [0.5, 0.6) is 0 Å². The van der Waals surface area contributed by atoms with Crippen molar-refractivity contribution in [3.05, 3.63) is 35.6 Å². The molecule has 0 bridgehead atoms. The van der Waals surface area contributed by atoms with Crippen molar-refractivity contribution >= 4 is 11.0 Å². The van der Waals surface area contributed by atoms with E-state index in [4.69, 9.17) is 10.2 Å². The zero-order chi connectivity index (χ0) is 14.3. The topological polar surface area (TPSA) is 42.4 Å². The molecule has 1 atom stereocenters. The van der Waals surface area contributed by atoms with Crippen LogP contribution in [-0.4, -0.2) is 23.5 Å². The van der Waals surface area contributed by atoms with E-state index in [2.05, 4.69) is 49.9 Å². The van der Waals surface area contributed by atoms with Crippen molar-refractivity contribution in [2.24, 2.45) is 5.73 Å².